The second-order valence-electron chi connectivity index (χ2n) is 8.35. The van der Waals surface area contributed by atoms with Crippen molar-refractivity contribution in [1.82, 2.24) is 0 Å². The third-order valence-electron chi connectivity index (χ3n) is 5.86. The lowest BCUT2D eigenvalue weighted by Crippen LogP contribution is -2.55. The molecule has 0 radical (unpaired) electrons. The second kappa shape index (κ2) is 11.3. The summed E-state index contributed by atoms with van der Waals surface area (Å²) < 4.78 is 48.3. The lowest BCUT2D eigenvalue weighted by atomic mass is 9.87. The van der Waals surface area contributed by atoms with Crippen molar-refractivity contribution < 1.29 is 43.1 Å². The van der Waals surface area contributed by atoms with Crippen LogP contribution in [0.3, 0.4) is 0 Å². The smallest absolute Gasteiger partial charge is 0.394 e. The first-order chi connectivity index (χ1) is 16.0. The first-order valence-electron chi connectivity index (χ1n) is 10.9. The van der Waals surface area contributed by atoms with Crippen LogP contribution in [0.4, 0.5) is 13.2 Å². The molecule has 1 saturated heterocycles. The molecule has 1 heterocycles. The number of halogens is 4. The molecule has 1 fully saturated rings. The fraction of sp³-hybridized carbons (Fsp3) is 0.500. The highest BCUT2D eigenvalue weighted by atomic mass is 35.5. The zero-order valence-corrected chi connectivity index (χ0v) is 19.3. The van der Waals surface area contributed by atoms with Gasteiger partial charge in [0.1, 0.15) is 37.1 Å². The molecule has 1 aliphatic heterocycles. The molecule has 2 aromatic carbocycles. The average molecular weight is 505 g/mol. The van der Waals surface area contributed by atoms with E-state index in [0.29, 0.717) is 17.0 Å². The predicted octanol–water partition coefficient (Wildman–Crippen LogP) is 3.09. The largest absolute Gasteiger partial charge is 0.411 e. The first-order valence-corrected chi connectivity index (χ1v) is 11.3. The van der Waals surface area contributed by atoms with E-state index in [-0.39, 0.29) is 11.1 Å². The van der Waals surface area contributed by atoms with Gasteiger partial charge in [-0.3, -0.25) is 0 Å². The number of alkyl halides is 3. The van der Waals surface area contributed by atoms with Crippen LogP contribution < -0.4 is 0 Å². The summed E-state index contributed by atoms with van der Waals surface area (Å²) in [6, 6.07) is 10.9. The summed E-state index contributed by atoms with van der Waals surface area (Å²) in [6.07, 6.45) is -10.5. The average Bonchev–Trinajstić information content (AvgIpc) is 2.79. The lowest BCUT2D eigenvalue weighted by Gasteiger charge is -2.41. The molecule has 0 amide bonds. The molecule has 1 aliphatic rings. The zero-order chi connectivity index (χ0) is 25.0. The van der Waals surface area contributed by atoms with Gasteiger partial charge in [0.25, 0.3) is 0 Å². The number of hydrogen-bond donors (Lipinski definition) is 4. The molecule has 0 aromatic heterocycles. The minimum absolute atomic E-state index is 0.226. The molecule has 4 N–H and O–H groups in total. The molecule has 0 spiro atoms. The third-order valence-corrected chi connectivity index (χ3v) is 6.21. The third kappa shape index (κ3) is 6.48. The monoisotopic (exact) mass is 504 g/mol. The molecule has 0 saturated carbocycles. The molecule has 3 rings (SSSR count). The van der Waals surface area contributed by atoms with Gasteiger partial charge in [-0.15, -0.1) is 0 Å². The van der Waals surface area contributed by atoms with Gasteiger partial charge in [0.15, 0.2) is 0 Å². The summed E-state index contributed by atoms with van der Waals surface area (Å²) in [6.45, 7) is -0.552. The van der Waals surface area contributed by atoms with Crippen LogP contribution in [0.25, 0.3) is 0 Å². The Bertz CT molecular complexity index is 951. The molecular formula is C24H28ClF3O6. The summed E-state index contributed by atoms with van der Waals surface area (Å²) in [7, 11) is 0. The van der Waals surface area contributed by atoms with Gasteiger partial charge in [-0.1, -0.05) is 48.9 Å². The standard InChI is InChI=1S/C24H28ClF3O6/c1-2-13-3-5-14(6-4-13)7-15-8-17(16(9-18(15)25)11-33-12-24(26,27)28)23-22(32)21(31)20(30)19(10-29)34-23/h3-6,8-9,19-23,29-32H,2,7,10-12H2,1H3/t19-,20-,21+,22-,23?/m1/s1. The highest BCUT2D eigenvalue weighted by Crippen LogP contribution is 2.37. The Morgan fingerprint density at radius 2 is 1.62 bits per heavy atom. The van der Waals surface area contributed by atoms with E-state index in [2.05, 4.69) is 0 Å². The van der Waals surface area contributed by atoms with Crippen molar-refractivity contribution in [3.8, 4) is 0 Å². The number of hydrogen-bond acceptors (Lipinski definition) is 6. The molecule has 2 aromatic rings. The molecule has 0 bridgehead atoms. The maximum Gasteiger partial charge on any atom is 0.411 e. The number of ether oxygens (including phenoxy) is 2. The Kier molecular flexibility index (Phi) is 8.97. The maximum absolute atomic E-state index is 12.6. The van der Waals surface area contributed by atoms with E-state index in [1.165, 1.54) is 6.07 Å². The summed E-state index contributed by atoms with van der Waals surface area (Å²) in [4.78, 5) is 0. The van der Waals surface area contributed by atoms with Gasteiger partial charge in [-0.05, 0) is 46.7 Å². The van der Waals surface area contributed by atoms with Crippen LogP contribution in [0.5, 0.6) is 0 Å². The fourth-order valence-electron chi connectivity index (χ4n) is 3.95. The topological polar surface area (TPSA) is 99.4 Å². The van der Waals surface area contributed by atoms with E-state index >= 15 is 0 Å². The molecule has 34 heavy (non-hydrogen) atoms. The Labute approximate surface area is 200 Å². The number of aliphatic hydroxyl groups is 4. The molecular weight excluding hydrogens is 477 g/mol. The van der Waals surface area contributed by atoms with Gasteiger partial charge < -0.3 is 29.9 Å². The molecule has 188 valence electrons. The van der Waals surface area contributed by atoms with Gasteiger partial charge in [0.05, 0.1) is 13.2 Å². The van der Waals surface area contributed by atoms with Crippen LogP contribution in [0.15, 0.2) is 36.4 Å². The second-order valence-corrected chi connectivity index (χ2v) is 8.75. The Balaban J connectivity index is 1.97. The van der Waals surface area contributed by atoms with Crippen molar-refractivity contribution in [2.24, 2.45) is 0 Å². The van der Waals surface area contributed by atoms with Gasteiger partial charge in [0, 0.05) is 5.02 Å². The van der Waals surface area contributed by atoms with E-state index in [0.717, 1.165) is 17.5 Å². The van der Waals surface area contributed by atoms with E-state index in [1.54, 1.807) is 6.07 Å². The SMILES string of the molecule is CCc1ccc(Cc2cc(C3O[C@H](CO)[C@@H](O)[C@H](O)[C@H]3O)c(COCC(F)(F)F)cc2Cl)cc1. The van der Waals surface area contributed by atoms with Crippen molar-refractivity contribution in [2.75, 3.05) is 13.2 Å². The number of aryl methyl sites for hydroxylation is 1. The van der Waals surface area contributed by atoms with Crippen molar-refractivity contribution in [2.45, 2.75) is 63.1 Å². The van der Waals surface area contributed by atoms with Gasteiger partial charge in [-0.25, -0.2) is 0 Å². The highest BCUT2D eigenvalue weighted by Gasteiger charge is 2.44. The fourth-order valence-corrected chi connectivity index (χ4v) is 4.20. The van der Waals surface area contributed by atoms with Crippen LogP contribution >= 0.6 is 11.6 Å². The number of rotatable bonds is 8. The van der Waals surface area contributed by atoms with E-state index in [1.807, 2.05) is 31.2 Å². The van der Waals surface area contributed by atoms with Gasteiger partial charge in [0.2, 0.25) is 0 Å². The molecule has 0 aliphatic carbocycles. The van der Waals surface area contributed by atoms with E-state index < -0.39 is 56.5 Å². The molecule has 6 nitrogen and oxygen atoms in total. The number of aliphatic hydroxyl groups excluding tert-OH is 4. The molecule has 5 atom stereocenters. The van der Waals surface area contributed by atoms with Crippen LogP contribution in [0.1, 0.15) is 40.8 Å². The van der Waals surface area contributed by atoms with Crippen LogP contribution in [0.2, 0.25) is 5.02 Å². The minimum Gasteiger partial charge on any atom is -0.394 e. The normalized spacial score (nSPS) is 25.5. The van der Waals surface area contributed by atoms with E-state index in [9.17, 15) is 33.6 Å². The Morgan fingerprint density at radius 1 is 0.971 bits per heavy atom. The summed E-state index contributed by atoms with van der Waals surface area (Å²) >= 11 is 6.45. The summed E-state index contributed by atoms with van der Waals surface area (Å²) in [5, 5.41) is 40.7. The van der Waals surface area contributed by atoms with Crippen molar-refractivity contribution in [3.05, 3.63) is 69.2 Å². The highest BCUT2D eigenvalue weighted by molar-refractivity contribution is 6.31. The first kappa shape index (κ1) is 26.9. The quantitative estimate of drug-likeness (QED) is 0.441. The summed E-state index contributed by atoms with van der Waals surface area (Å²) in [5.74, 6) is 0. The van der Waals surface area contributed by atoms with Crippen molar-refractivity contribution in [3.63, 3.8) is 0 Å². The van der Waals surface area contributed by atoms with Crippen LogP contribution in [-0.4, -0.2) is 64.2 Å². The molecule has 1 unspecified atom stereocenters. The van der Waals surface area contributed by atoms with Crippen molar-refractivity contribution >= 4 is 11.6 Å². The maximum atomic E-state index is 12.6. The Hall–Kier alpha value is -1.72. The van der Waals surface area contributed by atoms with Gasteiger partial charge >= 0.3 is 6.18 Å². The lowest BCUT2D eigenvalue weighted by molar-refractivity contribution is -0.232. The minimum atomic E-state index is -4.53. The van der Waals surface area contributed by atoms with Crippen molar-refractivity contribution in [1.29, 1.82) is 0 Å². The van der Waals surface area contributed by atoms with Crippen LogP contribution in [0, 0.1) is 0 Å². The van der Waals surface area contributed by atoms with Crippen LogP contribution in [-0.2, 0) is 28.9 Å². The molecule has 10 heteroatoms. The number of benzene rings is 2. The Morgan fingerprint density at radius 3 is 2.21 bits per heavy atom. The predicted molar refractivity (Wildman–Crippen MR) is 119 cm³/mol. The zero-order valence-electron chi connectivity index (χ0n) is 18.5. The van der Waals surface area contributed by atoms with Gasteiger partial charge in [-0.2, -0.15) is 13.2 Å². The van der Waals surface area contributed by atoms with E-state index in [4.69, 9.17) is 21.1 Å². The summed E-state index contributed by atoms with van der Waals surface area (Å²) in [5.41, 5.74) is 3.21.